The van der Waals surface area contributed by atoms with Crippen molar-refractivity contribution in [1.82, 2.24) is 0 Å². The average molecular weight is 218 g/mol. The van der Waals surface area contributed by atoms with Crippen LogP contribution in [0.5, 0.6) is 0 Å². The van der Waals surface area contributed by atoms with E-state index >= 15 is 0 Å². The summed E-state index contributed by atoms with van der Waals surface area (Å²) in [4.78, 5) is 32.7. The first-order chi connectivity index (χ1) is 6.50. The quantitative estimate of drug-likeness (QED) is 0.613. The predicted octanol–water partition coefficient (Wildman–Crippen LogP) is 0.123. The smallest absolute Gasteiger partial charge is 0.349 e. The fourth-order valence-electron chi connectivity index (χ4n) is 0.877. The first-order valence-electron chi connectivity index (χ1n) is 4.05. The van der Waals surface area contributed by atoms with Crippen LogP contribution in [0.25, 0.3) is 0 Å². The van der Waals surface area contributed by atoms with Gasteiger partial charge in [0.2, 0.25) is 6.10 Å². The second-order valence-corrected chi connectivity index (χ2v) is 4.00. The van der Waals surface area contributed by atoms with Gasteiger partial charge in [-0.05, 0) is 6.92 Å². The molecule has 0 spiro atoms. The Morgan fingerprint density at radius 2 is 2.00 bits per heavy atom. The largest absolute Gasteiger partial charge is 0.448 e. The third-order valence-corrected chi connectivity index (χ3v) is 2.46. The lowest BCUT2D eigenvalue weighted by Gasteiger charge is -2.24. The summed E-state index contributed by atoms with van der Waals surface area (Å²) < 4.78 is 9.48. The van der Waals surface area contributed by atoms with Crippen LogP contribution in [0.15, 0.2) is 0 Å². The molecular weight excluding hydrogens is 208 g/mol. The summed E-state index contributed by atoms with van der Waals surface area (Å²) in [5.74, 6) is -1.04. The third kappa shape index (κ3) is 2.73. The molecule has 1 rings (SSSR count). The second-order valence-electron chi connectivity index (χ2n) is 2.81. The highest BCUT2D eigenvalue weighted by atomic mass is 32.2. The molecule has 0 N–H and O–H groups in total. The van der Waals surface area contributed by atoms with E-state index in [4.69, 9.17) is 9.47 Å². The van der Waals surface area contributed by atoms with E-state index in [0.29, 0.717) is 0 Å². The van der Waals surface area contributed by atoms with Gasteiger partial charge in [-0.15, -0.1) is 0 Å². The van der Waals surface area contributed by atoms with Crippen LogP contribution >= 0.6 is 11.8 Å². The number of carbonyl (C=O) groups excluding carboxylic acids is 3. The van der Waals surface area contributed by atoms with Gasteiger partial charge in [-0.1, -0.05) is 11.8 Å². The predicted molar refractivity (Wildman–Crippen MR) is 48.6 cm³/mol. The minimum absolute atomic E-state index is 0.118. The van der Waals surface area contributed by atoms with Crippen LogP contribution in [0.2, 0.25) is 0 Å². The van der Waals surface area contributed by atoms with E-state index in [1.54, 1.807) is 0 Å². The molecule has 0 amide bonds. The van der Waals surface area contributed by atoms with Crippen molar-refractivity contribution in [3.63, 3.8) is 0 Å². The molecule has 6 heteroatoms. The topological polar surface area (TPSA) is 69.7 Å². The van der Waals surface area contributed by atoms with Crippen LogP contribution in [-0.2, 0) is 23.9 Å². The Morgan fingerprint density at radius 1 is 1.36 bits per heavy atom. The van der Waals surface area contributed by atoms with Gasteiger partial charge in [-0.3, -0.25) is 4.79 Å². The van der Waals surface area contributed by atoms with Crippen LogP contribution in [0.3, 0.4) is 0 Å². The van der Waals surface area contributed by atoms with Crippen LogP contribution < -0.4 is 0 Å². The summed E-state index contributed by atoms with van der Waals surface area (Å²) in [7, 11) is 0. The molecule has 0 bridgehead atoms. The van der Waals surface area contributed by atoms with E-state index in [0.717, 1.165) is 11.8 Å². The highest BCUT2D eigenvalue weighted by molar-refractivity contribution is 8.13. The number of ether oxygens (including phenoxy) is 2. The maximum Gasteiger partial charge on any atom is 0.349 e. The molecule has 14 heavy (non-hydrogen) atoms. The van der Waals surface area contributed by atoms with Crippen molar-refractivity contribution in [3.05, 3.63) is 0 Å². The molecule has 1 saturated heterocycles. The first-order valence-corrected chi connectivity index (χ1v) is 5.03. The Kier molecular flexibility index (Phi) is 3.51. The number of thioether (sulfide) groups is 1. The average Bonchev–Trinajstić information content (AvgIpc) is 2.09. The van der Waals surface area contributed by atoms with Gasteiger partial charge >= 0.3 is 11.9 Å². The van der Waals surface area contributed by atoms with Crippen molar-refractivity contribution in [2.45, 2.75) is 26.1 Å². The summed E-state index contributed by atoms with van der Waals surface area (Å²) >= 11 is 0.928. The molecule has 1 aliphatic rings. The van der Waals surface area contributed by atoms with E-state index in [1.807, 2.05) is 0 Å². The van der Waals surface area contributed by atoms with Gasteiger partial charge in [0.15, 0.2) is 11.2 Å². The molecule has 1 fully saturated rings. The van der Waals surface area contributed by atoms with Crippen molar-refractivity contribution >= 4 is 28.8 Å². The molecule has 0 aromatic carbocycles. The SMILES string of the molecule is CC(=O)SC[C@H]1OC(=O)[C@H](C)OC1=O. The Bertz CT molecular complexity index is 275. The third-order valence-electron chi connectivity index (χ3n) is 1.58. The summed E-state index contributed by atoms with van der Waals surface area (Å²) in [6.07, 6.45) is -1.80. The number of hydrogen-bond donors (Lipinski definition) is 0. The molecule has 5 nitrogen and oxygen atoms in total. The van der Waals surface area contributed by atoms with Crippen LogP contribution in [0, 0.1) is 0 Å². The normalized spacial score (nSPS) is 26.7. The van der Waals surface area contributed by atoms with Crippen molar-refractivity contribution in [1.29, 1.82) is 0 Å². The molecule has 78 valence electrons. The monoisotopic (exact) mass is 218 g/mol. The molecule has 0 radical (unpaired) electrons. The van der Waals surface area contributed by atoms with Gasteiger partial charge in [-0.25, -0.2) is 9.59 Å². The highest BCUT2D eigenvalue weighted by Crippen LogP contribution is 2.15. The Labute approximate surface area is 85.1 Å². The van der Waals surface area contributed by atoms with Gasteiger partial charge in [0, 0.05) is 12.7 Å². The summed E-state index contributed by atoms with van der Waals surface area (Å²) in [5.41, 5.74) is 0. The van der Waals surface area contributed by atoms with E-state index in [9.17, 15) is 14.4 Å². The highest BCUT2D eigenvalue weighted by Gasteiger charge is 2.35. The van der Waals surface area contributed by atoms with E-state index in [1.165, 1.54) is 13.8 Å². The molecule has 1 aliphatic heterocycles. The molecule has 0 saturated carbocycles. The fraction of sp³-hybridized carbons (Fsp3) is 0.625. The van der Waals surface area contributed by atoms with Crippen molar-refractivity contribution in [3.8, 4) is 0 Å². The molecule has 2 atom stereocenters. The van der Waals surface area contributed by atoms with Crippen molar-refractivity contribution in [2.75, 3.05) is 5.75 Å². The lowest BCUT2D eigenvalue weighted by molar-refractivity contribution is -0.191. The molecular formula is C8H10O5S. The van der Waals surface area contributed by atoms with Crippen molar-refractivity contribution in [2.24, 2.45) is 0 Å². The number of hydrogen-bond acceptors (Lipinski definition) is 6. The molecule has 0 aromatic rings. The molecule has 0 unspecified atom stereocenters. The lowest BCUT2D eigenvalue weighted by atomic mass is 10.3. The van der Waals surface area contributed by atoms with Gasteiger partial charge < -0.3 is 9.47 Å². The van der Waals surface area contributed by atoms with E-state index in [-0.39, 0.29) is 10.9 Å². The Balaban J connectivity index is 2.49. The molecule has 0 aromatic heterocycles. The van der Waals surface area contributed by atoms with Gasteiger partial charge in [0.05, 0.1) is 0 Å². The van der Waals surface area contributed by atoms with Gasteiger partial charge in [0.25, 0.3) is 0 Å². The minimum atomic E-state index is -0.951. The Hall–Kier alpha value is -1.04. The van der Waals surface area contributed by atoms with Crippen LogP contribution in [0.1, 0.15) is 13.8 Å². The number of cyclic esters (lactones) is 2. The standard InChI is InChI=1S/C8H10O5S/c1-4-7(10)13-6(8(11)12-4)3-14-5(2)9/h4,6H,3H2,1-2H3/t4-,6+/m0/s1. The first kappa shape index (κ1) is 11.0. The zero-order valence-corrected chi connectivity index (χ0v) is 8.63. The fourth-order valence-corrected chi connectivity index (χ4v) is 1.47. The lowest BCUT2D eigenvalue weighted by Crippen LogP contribution is -2.43. The van der Waals surface area contributed by atoms with Crippen molar-refractivity contribution < 1.29 is 23.9 Å². The van der Waals surface area contributed by atoms with E-state index < -0.39 is 24.1 Å². The summed E-state index contributed by atoms with van der Waals surface area (Å²) in [6, 6.07) is 0. The van der Waals surface area contributed by atoms with E-state index in [2.05, 4.69) is 0 Å². The number of esters is 2. The second kappa shape index (κ2) is 4.45. The number of rotatable bonds is 2. The minimum Gasteiger partial charge on any atom is -0.448 e. The number of carbonyl (C=O) groups is 3. The van der Waals surface area contributed by atoms with Crippen LogP contribution in [0.4, 0.5) is 0 Å². The summed E-state index contributed by atoms with van der Waals surface area (Å²) in [6.45, 7) is 2.82. The summed E-state index contributed by atoms with van der Waals surface area (Å²) in [5, 5.41) is -0.132. The Morgan fingerprint density at radius 3 is 2.57 bits per heavy atom. The maximum absolute atomic E-state index is 11.1. The van der Waals surface area contributed by atoms with Gasteiger partial charge in [-0.2, -0.15) is 0 Å². The zero-order chi connectivity index (χ0) is 10.7. The van der Waals surface area contributed by atoms with Crippen LogP contribution in [-0.4, -0.2) is 35.0 Å². The molecule has 1 heterocycles. The van der Waals surface area contributed by atoms with Gasteiger partial charge in [0.1, 0.15) is 0 Å². The zero-order valence-electron chi connectivity index (χ0n) is 7.81. The molecule has 0 aliphatic carbocycles. The maximum atomic E-state index is 11.1.